The van der Waals surface area contributed by atoms with Crippen molar-refractivity contribution in [2.45, 2.75) is 0 Å². The minimum absolute atomic E-state index is 0.229. The summed E-state index contributed by atoms with van der Waals surface area (Å²) in [4.78, 5) is 24.1. The number of para-hydroxylation sites is 1. The van der Waals surface area contributed by atoms with Crippen LogP contribution in [0.25, 0.3) is 0 Å². The number of methoxy groups -OCH3 is 1. The van der Waals surface area contributed by atoms with E-state index in [-0.39, 0.29) is 11.8 Å². The summed E-state index contributed by atoms with van der Waals surface area (Å²) in [5.74, 6) is -0.593. The number of nitrogens with one attached hydrogen (secondary N) is 2. The highest BCUT2D eigenvalue weighted by Gasteiger charge is 2.12. The molecule has 24 heavy (non-hydrogen) atoms. The number of hydrogen-bond donors (Lipinski definition) is 2. The van der Waals surface area contributed by atoms with Gasteiger partial charge in [0.15, 0.2) is 0 Å². The first kappa shape index (κ1) is 18.3. The lowest BCUT2D eigenvalue weighted by Crippen LogP contribution is -2.27. The average Bonchev–Trinajstić information content (AvgIpc) is 2.58. The van der Waals surface area contributed by atoms with Gasteiger partial charge < -0.3 is 15.4 Å². The van der Waals surface area contributed by atoms with Gasteiger partial charge in [0.2, 0.25) is 0 Å². The first-order valence-electron chi connectivity index (χ1n) is 7.15. The van der Waals surface area contributed by atoms with Crippen LogP contribution in [0.4, 0.5) is 5.69 Å². The number of hydrogen-bond acceptors (Lipinski definition) is 3. The van der Waals surface area contributed by atoms with Crippen LogP contribution < -0.4 is 10.6 Å². The molecule has 0 spiro atoms. The predicted octanol–water partition coefficient (Wildman–Crippen LogP) is 3.62. The summed E-state index contributed by atoms with van der Waals surface area (Å²) < 4.78 is 4.87. The number of halogens is 2. The Morgan fingerprint density at radius 1 is 0.958 bits per heavy atom. The fourth-order valence-electron chi connectivity index (χ4n) is 1.94. The van der Waals surface area contributed by atoms with E-state index in [2.05, 4.69) is 10.6 Å². The van der Waals surface area contributed by atoms with Crippen LogP contribution in [0.2, 0.25) is 10.0 Å². The molecule has 126 valence electrons. The number of anilines is 1. The van der Waals surface area contributed by atoms with Gasteiger partial charge in [-0.2, -0.15) is 0 Å². The average molecular weight is 367 g/mol. The standard InChI is InChI=1S/C17H16Cl2N2O3/c1-24-10-9-20-16(22)11-5-7-12(8-6-11)17(23)21-15-13(18)3-2-4-14(15)19/h2-8H,9-10H2,1H3,(H,20,22)(H,21,23). The first-order valence-corrected chi connectivity index (χ1v) is 7.91. The number of carbonyl (C=O) groups is 2. The second-order valence-electron chi connectivity index (χ2n) is 4.88. The largest absolute Gasteiger partial charge is 0.383 e. The third kappa shape index (κ3) is 4.71. The van der Waals surface area contributed by atoms with E-state index >= 15 is 0 Å². The maximum atomic E-state index is 12.3. The summed E-state index contributed by atoms with van der Waals surface area (Å²) in [5.41, 5.74) is 1.20. The van der Waals surface area contributed by atoms with E-state index in [0.717, 1.165) is 0 Å². The zero-order chi connectivity index (χ0) is 17.5. The second-order valence-corrected chi connectivity index (χ2v) is 5.69. The molecule has 0 bridgehead atoms. The van der Waals surface area contributed by atoms with Gasteiger partial charge in [0.1, 0.15) is 0 Å². The second kappa shape index (κ2) is 8.68. The fraction of sp³-hybridized carbons (Fsp3) is 0.176. The summed E-state index contributed by atoms with van der Waals surface area (Å²) in [6, 6.07) is 11.2. The van der Waals surface area contributed by atoms with E-state index in [4.69, 9.17) is 27.9 Å². The van der Waals surface area contributed by atoms with Crippen LogP contribution in [0.5, 0.6) is 0 Å². The van der Waals surface area contributed by atoms with Gasteiger partial charge in [0, 0.05) is 24.8 Å². The summed E-state index contributed by atoms with van der Waals surface area (Å²) in [6.45, 7) is 0.855. The van der Waals surface area contributed by atoms with Gasteiger partial charge in [0.25, 0.3) is 11.8 Å². The summed E-state index contributed by atoms with van der Waals surface area (Å²) in [7, 11) is 1.56. The lowest BCUT2D eigenvalue weighted by atomic mass is 10.1. The fourth-order valence-corrected chi connectivity index (χ4v) is 2.44. The van der Waals surface area contributed by atoms with Gasteiger partial charge in [-0.15, -0.1) is 0 Å². The van der Waals surface area contributed by atoms with Crippen LogP contribution >= 0.6 is 23.2 Å². The molecule has 0 atom stereocenters. The third-order valence-electron chi connectivity index (χ3n) is 3.20. The van der Waals surface area contributed by atoms with Gasteiger partial charge in [0.05, 0.1) is 22.3 Å². The van der Waals surface area contributed by atoms with Crippen molar-refractivity contribution in [1.29, 1.82) is 0 Å². The number of benzene rings is 2. The van der Waals surface area contributed by atoms with Gasteiger partial charge in [-0.3, -0.25) is 9.59 Å². The van der Waals surface area contributed by atoms with Crippen molar-refractivity contribution >= 4 is 40.7 Å². The lowest BCUT2D eigenvalue weighted by molar-refractivity contribution is 0.0935. The van der Waals surface area contributed by atoms with Crippen LogP contribution in [0.3, 0.4) is 0 Å². The Kier molecular flexibility index (Phi) is 6.61. The summed E-state index contributed by atoms with van der Waals surface area (Å²) >= 11 is 12.1. The molecular formula is C17H16Cl2N2O3. The monoisotopic (exact) mass is 366 g/mol. The van der Waals surface area contributed by atoms with Crippen molar-refractivity contribution in [3.63, 3.8) is 0 Å². The molecule has 0 unspecified atom stereocenters. The van der Waals surface area contributed by atoms with Gasteiger partial charge in [-0.25, -0.2) is 0 Å². The van der Waals surface area contributed by atoms with E-state index in [0.29, 0.717) is 40.0 Å². The molecule has 0 saturated heterocycles. The highest BCUT2D eigenvalue weighted by Crippen LogP contribution is 2.30. The van der Waals surface area contributed by atoms with Crippen molar-refractivity contribution in [2.75, 3.05) is 25.6 Å². The third-order valence-corrected chi connectivity index (χ3v) is 3.83. The number of rotatable bonds is 6. The van der Waals surface area contributed by atoms with Crippen molar-refractivity contribution in [3.8, 4) is 0 Å². The van der Waals surface area contributed by atoms with Crippen LogP contribution in [0.1, 0.15) is 20.7 Å². The van der Waals surface area contributed by atoms with E-state index in [9.17, 15) is 9.59 Å². The smallest absolute Gasteiger partial charge is 0.255 e. The Hall–Kier alpha value is -2.08. The topological polar surface area (TPSA) is 67.4 Å². The lowest BCUT2D eigenvalue weighted by Gasteiger charge is -2.09. The first-order chi connectivity index (χ1) is 11.5. The van der Waals surface area contributed by atoms with E-state index < -0.39 is 0 Å². The summed E-state index contributed by atoms with van der Waals surface area (Å²) in [6.07, 6.45) is 0. The minimum Gasteiger partial charge on any atom is -0.383 e. The Labute approximate surface area is 149 Å². The van der Waals surface area contributed by atoms with Crippen LogP contribution in [0, 0.1) is 0 Å². The van der Waals surface area contributed by atoms with Crippen molar-refractivity contribution in [2.24, 2.45) is 0 Å². The SMILES string of the molecule is COCCNC(=O)c1ccc(C(=O)Nc2c(Cl)cccc2Cl)cc1. The molecule has 2 aromatic rings. The molecule has 2 amide bonds. The highest BCUT2D eigenvalue weighted by molar-refractivity contribution is 6.40. The van der Waals surface area contributed by atoms with E-state index in [1.807, 2.05) is 0 Å². The highest BCUT2D eigenvalue weighted by atomic mass is 35.5. The zero-order valence-corrected chi connectivity index (χ0v) is 14.4. The van der Waals surface area contributed by atoms with Crippen LogP contribution in [-0.4, -0.2) is 32.1 Å². The molecule has 2 aromatic carbocycles. The van der Waals surface area contributed by atoms with Crippen molar-refractivity contribution in [3.05, 3.63) is 63.6 Å². The van der Waals surface area contributed by atoms with Gasteiger partial charge >= 0.3 is 0 Å². The molecule has 0 heterocycles. The van der Waals surface area contributed by atoms with Crippen LogP contribution in [0.15, 0.2) is 42.5 Å². The van der Waals surface area contributed by atoms with Crippen LogP contribution in [-0.2, 0) is 4.74 Å². The maximum Gasteiger partial charge on any atom is 0.255 e. The quantitative estimate of drug-likeness (QED) is 0.767. The molecule has 0 fully saturated rings. The number of amides is 2. The Bertz CT molecular complexity index is 713. The molecule has 2 rings (SSSR count). The molecule has 5 nitrogen and oxygen atoms in total. The predicted molar refractivity (Wildman–Crippen MR) is 95.1 cm³/mol. The Balaban J connectivity index is 2.05. The van der Waals surface area contributed by atoms with E-state index in [1.165, 1.54) is 0 Å². The molecule has 0 aliphatic carbocycles. The molecule has 0 radical (unpaired) electrons. The summed E-state index contributed by atoms with van der Waals surface area (Å²) in [5, 5.41) is 6.07. The Morgan fingerprint density at radius 3 is 2.04 bits per heavy atom. The molecule has 0 aliphatic rings. The minimum atomic E-state index is -0.364. The number of carbonyl (C=O) groups excluding carboxylic acids is 2. The molecule has 0 aromatic heterocycles. The van der Waals surface area contributed by atoms with Gasteiger partial charge in [-0.1, -0.05) is 29.3 Å². The van der Waals surface area contributed by atoms with E-state index in [1.54, 1.807) is 49.6 Å². The number of ether oxygens (including phenoxy) is 1. The molecule has 0 aliphatic heterocycles. The molecular weight excluding hydrogens is 351 g/mol. The Morgan fingerprint density at radius 2 is 1.50 bits per heavy atom. The zero-order valence-electron chi connectivity index (χ0n) is 12.9. The van der Waals surface area contributed by atoms with Crippen molar-refractivity contribution in [1.82, 2.24) is 5.32 Å². The van der Waals surface area contributed by atoms with Crippen molar-refractivity contribution < 1.29 is 14.3 Å². The molecule has 7 heteroatoms. The normalized spacial score (nSPS) is 10.3. The molecule has 0 saturated carbocycles. The maximum absolute atomic E-state index is 12.3. The molecule has 2 N–H and O–H groups in total. The van der Waals surface area contributed by atoms with Gasteiger partial charge in [-0.05, 0) is 36.4 Å².